The molecule has 98 valence electrons. The molecule has 0 radical (unpaired) electrons. The summed E-state index contributed by atoms with van der Waals surface area (Å²) in [5.74, 6) is 0.0981. The van der Waals surface area contributed by atoms with Crippen LogP contribution in [0.25, 0.3) is 28.1 Å². The average molecular weight is 288 g/mol. The summed E-state index contributed by atoms with van der Waals surface area (Å²) >= 11 is 5.89. The first kappa shape index (κ1) is 11.4. The van der Waals surface area contributed by atoms with Gasteiger partial charge in [-0.1, -0.05) is 23.7 Å². The third-order valence-electron chi connectivity index (χ3n) is 3.08. The minimum atomic E-state index is -0.395. The van der Waals surface area contributed by atoms with Crippen molar-refractivity contribution in [2.75, 3.05) is 0 Å². The number of halogens is 2. The van der Waals surface area contributed by atoms with E-state index in [1.807, 2.05) is 0 Å². The van der Waals surface area contributed by atoms with Crippen LogP contribution < -0.4 is 0 Å². The molecule has 3 aromatic heterocycles. The summed E-state index contributed by atoms with van der Waals surface area (Å²) in [5, 5.41) is 5.21. The van der Waals surface area contributed by atoms with E-state index in [-0.39, 0.29) is 5.58 Å². The Morgan fingerprint density at radius 2 is 2.10 bits per heavy atom. The summed E-state index contributed by atoms with van der Waals surface area (Å²) in [4.78, 5) is 4.22. The molecule has 0 saturated heterocycles. The first-order valence-corrected chi connectivity index (χ1v) is 6.29. The van der Waals surface area contributed by atoms with Crippen LogP contribution in [0.2, 0.25) is 5.15 Å². The Morgan fingerprint density at radius 3 is 2.95 bits per heavy atom. The van der Waals surface area contributed by atoms with Crippen LogP contribution in [0.15, 0.2) is 47.0 Å². The zero-order valence-corrected chi connectivity index (χ0v) is 10.8. The lowest BCUT2D eigenvalue weighted by Gasteiger charge is -1.97. The zero-order valence-electron chi connectivity index (χ0n) is 10.0. The van der Waals surface area contributed by atoms with Crippen LogP contribution in [-0.4, -0.2) is 14.6 Å². The van der Waals surface area contributed by atoms with E-state index in [0.717, 1.165) is 0 Å². The second-order valence-electron chi connectivity index (χ2n) is 4.34. The van der Waals surface area contributed by atoms with Gasteiger partial charge in [-0.05, 0) is 24.3 Å². The summed E-state index contributed by atoms with van der Waals surface area (Å²) < 4.78 is 20.8. The topological polar surface area (TPSA) is 43.3 Å². The fourth-order valence-corrected chi connectivity index (χ4v) is 2.31. The number of para-hydroxylation sites is 1. The van der Waals surface area contributed by atoms with E-state index in [1.54, 1.807) is 41.0 Å². The number of benzene rings is 1. The van der Waals surface area contributed by atoms with Crippen molar-refractivity contribution in [1.29, 1.82) is 0 Å². The quantitative estimate of drug-likeness (QED) is 0.533. The molecule has 0 aliphatic rings. The van der Waals surface area contributed by atoms with Gasteiger partial charge in [0, 0.05) is 5.39 Å². The number of rotatable bonds is 1. The van der Waals surface area contributed by atoms with E-state index in [1.165, 1.54) is 6.07 Å². The van der Waals surface area contributed by atoms with Crippen molar-refractivity contribution in [3.05, 3.63) is 53.6 Å². The number of nitrogens with zero attached hydrogens (tertiary/aromatic N) is 3. The Morgan fingerprint density at radius 1 is 1.20 bits per heavy atom. The lowest BCUT2D eigenvalue weighted by atomic mass is 10.2. The second kappa shape index (κ2) is 4.05. The number of imidazole rings is 1. The average Bonchev–Trinajstić information content (AvgIpc) is 3.02. The SMILES string of the molecule is Fc1cccc2cc(-c3cnc4ccc(Cl)nn34)oc12. The van der Waals surface area contributed by atoms with Crippen LogP contribution in [0.3, 0.4) is 0 Å². The predicted octanol–water partition coefficient (Wildman–Crippen LogP) is 3.94. The molecule has 0 N–H and O–H groups in total. The Hall–Kier alpha value is -2.40. The van der Waals surface area contributed by atoms with Crippen LogP contribution in [0, 0.1) is 5.82 Å². The van der Waals surface area contributed by atoms with Gasteiger partial charge in [0.25, 0.3) is 0 Å². The molecule has 0 aliphatic heterocycles. The summed E-state index contributed by atoms with van der Waals surface area (Å²) in [6.07, 6.45) is 1.62. The fourth-order valence-electron chi connectivity index (χ4n) is 2.17. The van der Waals surface area contributed by atoms with Crippen LogP contribution in [-0.2, 0) is 0 Å². The third-order valence-corrected chi connectivity index (χ3v) is 3.28. The van der Waals surface area contributed by atoms with Crippen molar-refractivity contribution >= 4 is 28.2 Å². The largest absolute Gasteiger partial charge is 0.451 e. The molecule has 0 atom stereocenters. The molecule has 6 heteroatoms. The lowest BCUT2D eigenvalue weighted by molar-refractivity contribution is 0.566. The van der Waals surface area contributed by atoms with E-state index in [2.05, 4.69) is 10.1 Å². The van der Waals surface area contributed by atoms with Gasteiger partial charge >= 0.3 is 0 Å². The van der Waals surface area contributed by atoms with Crippen molar-refractivity contribution < 1.29 is 8.81 Å². The Labute approximate surface area is 117 Å². The maximum atomic E-state index is 13.7. The Balaban J connectivity index is 2.01. The highest BCUT2D eigenvalue weighted by Gasteiger charge is 2.14. The van der Waals surface area contributed by atoms with Gasteiger partial charge in [0.15, 0.2) is 22.8 Å². The monoisotopic (exact) mass is 287 g/mol. The maximum absolute atomic E-state index is 13.7. The molecule has 0 amide bonds. The first-order chi connectivity index (χ1) is 9.72. The molecule has 1 aromatic carbocycles. The van der Waals surface area contributed by atoms with Gasteiger partial charge in [-0.3, -0.25) is 0 Å². The molecule has 0 aliphatic carbocycles. The smallest absolute Gasteiger partial charge is 0.170 e. The predicted molar refractivity (Wildman–Crippen MR) is 73.2 cm³/mol. The molecule has 4 nitrogen and oxygen atoms in total. The first-order valence-electron chi connectivity index (χ1n) is 5.91. The minimum absolute atomic E-state index is 0.222. The zero-order chi connectivity index (χ0) is 13.7. The van der Waals surface area contributed by atoms with Crippen molar-refractivity contribution in [2.45, 2.75) is 0 Å². The third kappa shape index (κ3) is 1.60. The molecule has 0 saturated carbocycles. The van der Waals surface area contributed by atoms with Crippen LogP contribution in [0.5, 0.6) is 0 Å². The van der Waals surface area contributed by atoms with Crippen molar-refractivity contribution in [1.82, 2.24) is 14.6 Å². The van der Waals surface area contributed by atoms with Gasteiger partial charge < -0.3 is 4.42 Å². The van der Waals surface area contributed by atoms with Crippen LogP contribution in [0.4, 0.5) is 4.39 Å². The molecule has 20 heavy (non-hydrogen) atoms. The van der Waals surface area contributed by atoms with Crippen LogP contribution in [0.1, 0.15) is 0 Å². The number of hydrogen-bond acceptors (Lipinski definition) is 3. The number of fused-ring (bicyclic) bond motifs is 2. The van der Waals surface area contributed by atoms with Crippen molar-refractivity contribution in [3.8, 4) is 11.5 Å². The highest BCUT2D eigenvalue weighted by atomic mass is 35.5. The molecule has 0 unspecified atom stereocenters. The Bertz CT molecular complexity index is 944. The Kier molecular flexibility index (Phi) is 2.31. The number of hydrogen-bond donors (Lipinski definition) is 0. The van der Waals surface area contributed by atoms with Crippen molar-refractivity contribution in [3.63, 3.8) is 0 Å². The summed E-state index contributed by atoms with van der Waals surface area (Å²) in [6, 6.07) is 9.95. The number of aromatic nitrogens is 3. The van der Waals surface area contributed by atoms with E-state index in [0.29, 0.717) is 27.6 Å². The highest BCUT2D eigenvalue weighted by molar-refractivity contribution is 6.29. The molecule has 0 spiro atoms. The van der Waals surface area contributed by atoms with E-state index in [4.69, 9.17) is 16.0 Å². The van der Waals surface area contributed by atoms with Crippen molar-refractivity contribution in [2.24, 2.45) is 0 Å². The molecule has 0 fully saturated rings. The summed E-state index contributed by atoms with van der Waals surface area (Å²) in [6.45, 7) is 0. The van der Waals surface area contributed by atoms with E-state index in [9.17, 15) is 4.39 Å². The molecule has 0 bridgehead atoms. The highest BCUT2D eigenvalue weighted by Crippen LogP contribution is 2.29. The van der Waals surface area contributed by atoms with Gasteiger partial charge in [-0.15, -0.1) is 0 Å². The minimum Gasteiger partial charge on any atom is -0.451 e. The van der Waals surface area contributed by atoms with Gasteiger partial charge in [0.2, 0.25) is 0 Å². The maximum Gasteiger partial charge on any atom is 0.170 e. The normalized spacial score (nSPS) is 11.5. The standard InChI is InChI=1S/C14H7ClFN3O/c15-12-4-5-13-17-7-10(19(13)18-12)11-6-8-2-1-3-9(16)14(8)20-11/h1-7H. The van der Waals surface area contributed by atoms with Gasteiger partial charge in [0.1, 0.15) is 10.8 Å². The summed E-state index contributed by atoms with van der Waals surface area (Å²) in [7, 11) is 0. The summed E-state index contributed by atoms with van der Waals surface area (Å²) in [5.41, 5.74) is 1.49. The number of furan rings is 1. The van der Waals surface area contributed by atoms with E-state index >= 15 is 0 Å². The van der Waals surface area contributed by atoms with Gasteiger partial charge in [-0.2, -0.15) is 5.10 Å². The van der Waals surface area contributed by atoms with Crippen LogP contribution >= 0.6 is 11.6 Å². The molecule has 3 heterocycles. The van der Waals surface area contributed by atoms with Gasteiger partial charge in [0.05, 0.1) is 6.20 Å². The molecule has 4 aromatic rings. The second-order valence-corrected chi connectivity index (χ2v) is 4.73. The lowest BCUT2D eigenvalue weighted by Crippen LogP contribution is -1.93. The van der Waals surface area contributed by atoms with E-state index < -0.39 is 5.82 Å². The molecule has 4 rings (SSSR count). The molecular weight excluding hydrogens is 281 g/mol. The van der Waals surface area contributed by atoms with Gasteiger partial charge in [-0.25, -0.2) is 13.9 Å². The fraction of sp³-hybridized carbons (Fsp3) is 0. The molecular formula is C14H7ClFN3O.